The third kappa shape index (κ3) is 3.64. The Labute approximate surface area is 158 Å². The molecular weight excluding hydrogens is 354 g/mol. The third-order valence-electron chi connectivity index (χ3n) is 4.81. The minimum absolute atomic E-state index is 0.289. The number of nitrogens with zero attached hydrogens (tertiary/aromatic N) is 1. The summed E-state index contributed by atoms with van der Waals surface area (Å²) in [7, 11) is 3.22. The second-order valence-electron chi connectivity index (χ2n) is 6.30. The molecule has 5 nitrogen and oxygen atoms in total. The van der Waals surface area contributed by atoms with Crippen LogP contribution in [0.15, 0.2) is 42.5 Å². The Morgan fingerprint density at radius 3 is 2.73 bits per heavy atom. The Bertz CT molecular complexity index is 795. The van der Waals surface area contributed by atoms with Gasteiger partial charge >= 0.3 is 5.97 Å². The summed E-state index contributed by atoms with van der Waals surface area (Å²) in [6.07, 6.45) is 1.46. The summed E-state index contributed by atoms with van der Waals surface area (Å²) in [5.74, 6) is 0.592. The fraction of sp³-hybridized carbons (Fsp3) is 0.350. The summed E-state index contributed by atoms with van der Waals surface area (Å²) in [5, 5.41) is 10.3. The summed E-state index contributed by atoms with van der Waals surface area (Å²) >= 11 is 6.25. The highest BCUT2D eigenvalue weighted by molar-refractivity contribution is 6.30. The smallest absolute Gasteiger partial charge is 0.320 e. The van der Waals surface area contributed by atoms with Crippen LogP contribution in [0.2, 0.25) is 5.02 Å². The number of hydrogen-bond acceptors (Lipinski definition) is 4. The highest BCUT2D eigenvalue weighted by atomic mass is 35.5. The predicted molar refractivity (Wildman–Crippen MR) is 100 cm³/mol. The zero-order chi connectivity index (χ0) is 18.7. The lowest BCUT2D eigenvalue weighted by molar-refractivity contribution is -0.142. The van der Waals surface area contributed by atoms with E-state index in [9.17, 15) is 9.90 Å². The zero-order valence-corrected chi connectivity index (χ0v) is 15.6. The maximum absolute atomic E-state index is 11.8. The summed E-state index contributed by atoms with van der Waals surface area (Å²) in [6, 6.07) is 12.3. The molecule has 0 radical (unpaired) electrons. The number of hydrogen-bond donors (Lipinski definition) is 1. The maximum atomic E-state index is 11.8. The van der Waals surface area contributed by atoms with E-state index < -0.39 is 12.0 Å². The number of carboxylic acids is 1. The molecule has 138 valence electrons. The molecule has 2 unspecified atom stereocenters. The van der Waals surface area contributed by atoms with E-state index in [4.69, 9.17) is 21.1 Å². The number of benzene rings is 2. The minimum Gasteiger partial charge on any atom is -0.497 e. The van der Waals surface area contributed by atoms with Crippen LogP contribution in [0.25, 0.3) is 0 Å². The van der Waals surface area contributed by atoms with Gasteiger partial charge in [-0.25, -0.2) is 0 Å². The molecule has 2 aromatic carbocycles. The molecule has 1 aliphatic heterocycles. The van der Waals surface area contributed by atoms with E-state index in [1.807, 2.05) is 41.3 Å². The molecule has 1 N–H and O–H groups in total. The van der Waals surface area contributed by atoms with Crippen LogP contribution in [0.1, 0.15) is 30.0 Å². The second kappa shape index (κ2) is 7.98. The van der Waals surface area contributed by atoms with Gasteiger partial charge in [0.05, 0.1) is 20.3 Å². The van der Waals surface area contributed by atoms with Gasteiger partial charge in [0.15, 0.2) is 0 Å². The van der Waals surface area contributed by atoms with Crippen molar-refractivity contribution in [2.75, 3.05) is 20.8 Å². The molecule has 1 saturated heterocycles. The third-order valence-corrected chi connectivity index (χ3v) is 5.04. The highest BCUT2D eigenvalue weighted by Gasteiger charge is 2.38. The molecule has 0 aliphatic carbocycles. The van der Waals surface area contributed by atoms with Crippen LogP contribution < -0.4 is 9.47 Å². The molecule has 0 saturated carbocycles. The number of aliphatic carboxylic acids is 1. The molecule has 3 rings (SSSR count). The van der Waals surface area contributed by atoms with Crippen molar-refractivity contribution in [2.45, 2.75) is 24.9 Å². The summed E-state index contributed by atoms with van der Waals surface area (Å²) in [4.78, 5) is 13.8. The SMILES string of the molecule is COc1cccc(C(c2cc(Cl)ccc2OC)N2CCCC2C(=O)O)c1. The molecule has 0 spiro atoms. The number of halogens is 1. The summed E-state index contributed by atoms with van der Waals surface area (Å²) < 4.78 is 10.9. The van der Waals surface area contributed by atoms with Crippen molar-refractivity contribution in [3.63, 3.8) is 0 Å². The zero-order valence-electron chi connectivity index (χ0n) is 14.8. The van der Waals surface area contributed by atoms with Crippen molar-refractivity contribution in [1.82, 2.24) is 4.90 Å². The molecule has 1 heterocycles. The first kappa shape index (κ1) is 18.5. The van der Waals surface area contributed by atoms with Gasteiger partial charge in [-0.3, -0.25) is 9.69 Å². The first-order valence-electron chi connectivity index (χ1n) is 8.51. The Hall–Kier alpha value is -2.24. The van der Waals surface area contributed by atoms with Crippen LogP contribution >= 0.6 is 11.6 Å². The molecule has 1 aliphatic rings. The Kier molecular flexibility index (Phi) is 5.69. The van der Waals surface area contributed by atoms with E-state index in [0.29, 0.717) is 23.7 Å². The maximum Gasteiger partial charge on any atom is 0.320 e. The number of rotatable bonds is 6. The van der Waals surface area contributed by atoms with Crippen LogP contribution in [-0.4, -0.2) is 42.8 Å². The molecule has 0 amide bonds. The summed E-state index contributed by atoms with van der Waals surface area (Å²) in [5.41, 5.74) is 1.79. The van der Waals surface area contributed by atoms with Gasteiger partial charge in [0.1, 0.15) is 17.5 Å². The number of carbonyl (C=O) groups is 1. The van der Waals surface area contributed by atoms with Gasteiger partial charge < -0.3 is 14.6 Å². The van der Waals surface area contributed by atoms with Gasteiger partial charge in [0, 0.05) is 17.1 Å². The second-order valence-corrected chi connectivity index (χ2v) is 6.74. The van der Waals surface area contributed by atoms with Crippen LogP contribution in [-0.2, 0) is 4.79 Å². The van der Waals surface area contributed by atoms with Gasteiger partial charge in [-0.05, 0) is 48.7 Å². The van der Waals surface area contributed by atoms with E-state index in [0.717, 1.165) is 23.3 Å². The van der Waals surface area contributed by atoms with Crippen molar-refractivity contribution in [3.8, 4) is 11.5 Å². The average Bonchev–Trinajstić information content (AvgIpc) is 3.12. The lowest BCUT2D eigenvalue weighted by atomic mass is 9.95. The summed E-state index contributed by atoms with van der Waals surface area (Å²) in [6.45, 7) is 0.689. The molecule has 1 fully saturated rings. The molecule has 26 heavy (non-hydrogen) atoms. The van der Waals surface area contributed by atoms with Crippen LogP contribution in [0.3, 0.4) is 0 Å². The minimum atomic E-state index is -0.809. The van der Waals surface area contributed by atoms with E-state index in [1.54, 1.807) is 20.3 Å². The Morgan fingerprint density at radius 1 is 1.23 bits per heavy atom. The first-order valence-corrected chi connectivity index (χ1v) is 8.89. The quantitative estimate of drug-likeness (QED) is 0.827. The van der Waals surface area contributed by atoms with Crippen molar-refractivity contribution >= 4 is 17.6 Å². The molecule has 2 aromatic rings. The van der Waals surface area contributed by atoms with Crippen molar-refractivity contribution in [3.05, 3.63) is 58.6 Å². The Balaban J connectivity index is 2.16. The number of methoxy groups -OCH3 is 2. The molecule has 6 heteroatoms. The first-order chi connectivity index (χ1) is 12.5. The average molecular weight is 376 g/mol. The van der Waals surface area contributed by atoms with Crippen LogP contribution in [0, 0.1) is 0 Å². The lowest BCUT2D eigenvalue weighted by Gasteiger charge is -2.33. The normalized spacial score (nSPS) is 18.5. The lowest BCUT2D eigenvalue weighted by Crippen LogP contribution is -2.39. The number of likely N-dealkylation sites (tertiary alicyclic amines) is 1. The van der Waals surface area contributed by atoms with Crippen molar-refractivity contribution in [2.24, 2.45) is 0 Å². The fourth-order valence-corrected chi connectivity index (χ4v) is 3.82. The number of carboxylic acid groups (broad SMARTS) is 1. The van der Waals surface area contributed by atoms with Crippen LogP contribution in [0.5, 0.6) is 11.5 Å². The van der Waals surface area contributed by atoms with Crippen LogP contribution in [0.4, 0.5) is 0 Å². The van der Waals surface area contributed by atoms with Gasteiger partial charge in [-0.1, -0.05) is 23.7 Å². The van der Waals surface area contributed by atoms with Crippen molar-refractivity contribution < 1.29 is 19.4 Å². The van der Waals surface area contributed by atoms with E-state index >= 15 is 0 Å². The van der Waals surface area contributed by atoms with Gasteiger partial charge in [-0.15, -0.1) is 0 Å². The van der Waals surface area contributed by atoms with Gasteiger partial charge in [0.25, 0.3) is 0 Å². The molecule has 0 bridgehead atoms. The van der Waals surface area contributed by atoms with E-state index in [1.165, 1.54) is 0 Å². The fourth-order valence-electron chi connectivity index (χ4n) is 3.64. The molecular formula is C20H22ClNO4. The standard InChI is InChI=1S/C20H22ClNO4/c1-25-15-6-3-5-13(11-15)19(22-10-4-7-17(22)20(23)24)16-12-14(21)8-9-18(16)26-2/h3,5-6,8-9,11-12,17,19H,4,7,10H2,1-2H3,(H,23,24). The van der Waals surface area contributed by atoms with Crippen molar-refractivity contribution in [1.29, 1.82) is 0 Å². The topological polar surface area (TPSA) is 59.0 Å². The predicted octanol–water partition coefficient (Wildman–Crippen LogP) is 4.00. The van der Waals surface area contributed by atoms with Gasteiger partial charge in [0.2, 0.25) is 0 Å². The van der Waals surface area contributed by atoms with E-state index in [2.05, 4.69) is 0 Å². The van der Waals surface area contributed by atoms with Gasteiger partial charge in [-0.2, -0.15) is 0 Å². The van der Waals surface area contributed by atoms with E-state index in [-0.39, 0.29) is 6.04 Å². The molecule has 0 aromatic heterocycles. The molecule has 2 atom stereocenters. The number of ether oxygens (including phenoxy) is 2. The Morgan fingerprint density at radius 2 is 2.04 bits per heavy atom. The largest absolute Gasteiger partial charge is 0.497 e. The monoisotopic (exact) mass is 375 g/mol. The highest BCUT2D eigenvalue weighted by Crippen LogP contribution is 2.40.